The highest BCUT2D eigenvalue weighted by molar-refractivity contribution is 5.87. The minimum Gasteiger partial charge on any atom is -0.263 e. The van der Waals surface area contributed by atoms with Gasteiger partial charge in [-0.15, -0.1) is 0 Å². The molecule has 3 nitrogen and oxygen atoms in total. The van der Waals surface area contributed by atoms with Gasteiger partial charge in [0.2, 0.25) is 0 Å². The predicted molar refractivity (Wildman–Crippen MR) is 337 cm³/mol. The summed E-state index contributed by atoms with van der Waals surface area (Å²) in [5.41, 5.74) is 46.4. The summed E-state index contributed by atoms with van der Waals surface area (Å²) in [4.78, 5) is 12.7. The number of hydrogen-bond donors (Lipinski definition) is 0. The minimum absolute atomic E-state index is 0.862. The van der Waals surface area contributed by atoms with Crippen LogP contribution in [-0.2, 0) is 6.42 Å². The van der Waals surface area contributed by atoms with Crippen LogP contribution in [0, 0.1) is 83.1 Å². The van der Waals surface area contributed by atoms with Crippen LogP contribution < -0.4 is 0 Å². The summed E-state index contributed by atoms with van der Waals surface area (Å²) in [6.45, 7) is 49.6. The first-order valence-corrected chi connectivity index (χ1v) is 28.5. The summed E-state index contributed by atoms with van der Waals surface area (Å²) >= 11 is 0. The van der Waals surface area contributed by atoms with Crippen molar-refractivity contribution in [3.63, 3.8) is 0 Å². The third-order valence-corrected chi connectivity index (χ3v) is 17.6. The first-order valence-electron chi connectivity index (χ1n) is 28.5. The normalized spacial score (nSPS) is 16.9. The average molecular weight is 1030 g/mol. The summed E-state index contributed by atoms with van der Waals surface area (Å²) < 4.78 is 0. The van der Waals surface area contributed by atoms with Gasteiger partial charge in [-0.2, -0.15) is 0 Å². The molecule has 0 amide bonds. The van der Waals surface area contributed by atoms with E-state index < -0.39 is 0 Å². The third kappa shape index (κ3) is 14.7. The molecule has 3 aromatic carbocycles. The lowest BCUT2D eigenvalue weighted by Crippen LogP contribution is -1.98. The molecular formula is C74H95N3. The van der Waals surface area contributed by atoms with E-state index in [1.165, 1.54) is 150 Å². The molecule has 2 heterocycles. The van der Waals surface area contributed by atoms with E-state index in [-0.39, 0.29) is 0 Å². The zero-order valence-corrected chi connectivity index (χ0v) is 52.3. The van der Waals surface area contributed by atoms with E-state index in [1.807, 2.05) is 27.7 Å². The SMILES string of the molecule is CC1=C(C)C(C)=C(C)C1.CC1=CC2=C(C1)C1=C(C=C(C)C1)C2.CC1=CC2=C(C=C(C)C2)C1.CC1=NC(C)=C(C)C1.Cc1c(C)c(C)c(C)c(C)c1C.Cc1ccc2c(c1)Cc1cc(C)ccc1-2.Cc1nc(C)c(C)c(C)n1. The molecule has 0 saturated carbocycles. The maximum absolute atomic E-state index is 4.27. The van der Waals surface area contributed by atoms with Gasteiger partial charge in [-0.05, 0) is 316 Å². The van der Waals surface area contributed by atoms with Crippen molar-refractivity contribution in [2.45, 2.75) is 211 Å². The second kappa shape index (κ2) is 25.5. The zero-order valence-electron chi connectivity index (χ0n) is 52.3. The van der Waals surface area contributed by atoms with Crippen molar-refractivity contribution in [2.24, 2.45) is 4.99 Å². The lowest BCUT2D eigenvalue weighted by molar-refractivity contribution is 0.948. The van der Waals surface area contributed by atoms with Crippen LogP contribution >= 0.6 is 0 Å². The third-order valence-electron chi connectivity index (χ3n) is 17.6. The summed E-state index contributed by atoms with van der Waals surface area (Å²) in [5.74, 6) is 0.862. The van der Waals surface area contributed by atoms with E-state index >= 15 is 0 Å². The lowest BCUT2D eigenvalue weighted by Gasteiger charge is -2.15. The molecule has 0 spiro atoms. The molecule has 1 aromatic heterocycles. The van der Waals surface area contributed by atoms with E-state index in [2.05, 4.69) is 207 Å². The van der Waals surface area contributed by atoms with Gasteiger partial charge in [0.15, 0.2) is 0 Å². The fraction of sp³-hybridized carbons (Fsp3) is 0.419. The monoisotopic (exact) mass is 1030 g/mol. The molecule has 4 aromatic rings. The predicted octanol–water partition coefficient (Wildman–Crippen LogP) is 21.0. The molecule has 0 saturated heterocycles. The van der Waals surface area contributed by atoms with E-state index in [4.69, 9.17) is 0 Å². The number of aryl methyl sites for hydroxylation is 5. The maximum atomic E-state index is 4.27. The van der Waals surface area contributed by atoms with Crippen molar-refractivity contribution in [1.29, 1.82) is 0 Å². The Morgan fingerprint density at radius 3 is 1.00 bits per heavy atom. The van der Waals surface area contributed by atoms with Gasteiger partial charge >= 0.3 is 0 Å². The number of fused-ring (bicyclic) bond motifs is 4. The lowest BCUT2D eigenvalue weighted by atomic mass is 9.90. The quantitative estimate of drug-likeness (QED) is 0.155. The molecule has 1 aliphatic heterocycles. The van der Waals surface area contributed by atoms with E-state index in [9.17, 15) is 0 Å². The maximum Gasteiger partial charge on any atom is 0.125 e. The molecule has 0 N–H and O–H groups in total. The Morgan fingerprint density at radius 2 is 0.688 bits per heavy atom. The highest BCUT2D eigenvalue weighted by Gasteiger charge is 2.28. The topological polar surface area (TPSA) is 38.1 Å². The average Bonchev–Trinajstić information content (AvgIpc) is 4.26. The Bertz CT molecular complexity index is 3110. The number of rotatable bonds is 0. The van der Waals surface area contributed by atoms with Gasteiger partial charge in [-0.3, -0.25) is 4.99 Å². The second-order valence-corrected chi connectivity index (χ2v) is 24.1. The molecule has 77 heavy (non-hydrogen) atoms. The summed E-state index contributed by atoms with van der Waals surface area (Å²) in [6, 6.07) is 13.5. The van der Waals surface area contributed by atoms with Gasteiger partial charge < -0.3 is 0 Å². The zero-order chi connectivity index (χ0) is 56.9. The van der Waals surface area contributed by atoms with Crippen molar-refractivity contribution in [2.75, 3.05) is 0 Å². The molecular weight excluding hydrogens is 931 g/mol. The molecule has 3 heteroatoms. The molecule has 12 rings (SSSR count). The van der Waals surface area contributed by atoms with E-state index in [1.54, 1.807) is 55.7 Å². The molecule has 0 fully saturated rings. The molecule has 0 bridgehead atoms. The van der Waals surface area contributed by atoms with Gasteiger partial charge in [0.25, 0.3) is 0 Å². The molecule has 7 aliphatic carbocycles. The Balaban J connectivity index is 0.000000147. The van der Waals surface area contributed by atoms with Crippen LogP contribution in [0.1, 0.15) is 200 Å². The van der Waals surface area contributed by atoms with Gasteiger partial charge in [0.1, 0.15) is 5.82 Å². The van der Waals surface area contributed by atoms with Crippen LogP contribution in [0.4, 0.5) is 0 Å². The highest BCUT2D eigenvalue weighted by atomic mass is 14.9. The van der Waals surface area contributed by atoms with Crippen molar-refractivity contribution >= 4 is 5.71 Å². The number of allylic oxidation sites excluding steroid dienone is 20. The summed E-state index contributed by atoms with van der Waals surface area (Å²) in [5, 5.41) is 0. The van der Waals surface area contributed by atoms with Crippen LogP contribution in [0.25, 0.3) is 11.1 Å². The van der Waals surface area contributed by atoms with Crippen LogP contribution in [0.5, 0.6) is 0 Å². The molecule has 0 unspecified atom stereocenters. The molecule has 406 valence electrons. The standard InChI is InChI=1S/C15H14.C13H14.C12H18.C10H12.C9H14.C8H12N2.C7H11N/c1-10-3-5-14-12(7-10)9-13-8-11(2)4-6-15(13)14;1-8-3-10-7-11-4-9(2)6-13(11)12(10)5-8;1-7-8(2)10(4)12(6)11(5)9(7)3;1-7-3-9-5-8(2)6-10(9)4-7;1-6-5-7(2)9(4)8(6)3;1-5-6(2)9-8(4)10-7(5)3;1-5-4-6(2)8-7(5)3/h3-8H,9H2,1-2H3;3-4H,5-7H2,1-2H3;1-6H3;3,6H,4-5H2,1-2H3;5H2,1-4H3;1-4H3;4H2,1-3H3. The van der Waals surface area contributed by atoms with Gasteiger partial charge in [0, 0.05) is 29.2 Å². The van der Waals surface area contributed by atoms with E-state index in [0.717, 1.165) is 30.1 Å². The van der Waals surface area contributed by atoms with Crippen molar-refractivity contribution in [1.82, 2.24) is 9.97 Å². The number of hydrogen-bond acceptors (Lipinski definition) is 3. The van der Waals surface area contributed by atoms with Crippen LogP contribution in [-0.4, -0.2) is 15.7 Å². The highest BCUT2D eigenvalue weighted by Crippen LogP contribution is 2.47. The fourth-order valence-corrected chi connectivity index (χ4v) is 11.9. The Kier molecular flexibility index (Phi) is 19.9. The Morgan fingerprint density at radius 1 is 0.325 bits per heavy atom. The van der Waals surface area contributed by atoms with Crippen LogP contribution in [0.3, 0.4) is 0 Å². The van der Waals surface area contributed by atoms with Crippen molar-refractivity contribution < 1.29 is 0 Å². The molecule has 8 aliphatic rings. The van der Waals surface area contributed by atoms with Crippen LogP contribution in [0.2, 0.25) is 0 Å². The molecule has 0 radical (unpaired) electrons. The Hall–Kier alpha value is -6.19. The van der Waals surface area contributed by atoms with E-state index in [0.29, 0.717) is 0 Å². The number of aliphatic imine (C=N–C) groups is 1. The first-order chi connectivity index (χ1) is 36.1. The van der Waals surface area contributed by atoms with Gasteiger partial charge in [-0.25, -0.2) is 9.97 Å². The largest absolute Gasteiger partial charge is 0.263 e. The second-order valence-electron chi connectivity index (χ2n) is 24.1. The van der Waals surface area contributed by atoms with Gasteiger partial charge in [0.05, 0.1) is 0 Å². The summed E-state index contributed by atoms with van der Waals surface area (Å²) in [6.07, 6.45) is 18.9. The fourth-order valence-electron chi connectivity index (χ4n) is 11.9. The van der Waals surface area contributed by atoms with Crippen molar-refractivity contribution in [3.05, 3.63) is 228 Å². The first kappa shape index (κ1) is 60.0. The molecule has 0 atom stereocenters. The number of benzene rings is 3. The van der Waals surface area contributed by atoms with Gasteiger partial charge in [-0.1, -0.05) is 105 Å². The Labute approximate surface area is 468 Å². The number of aromatic nitrogens is 2. The van der Waals surface area contributed by atoms with Crippen molar-refractivity contribution in [3.8, 4) is 11.1 Å². The summed E-state index contributed by atoms with van der Waals surface area (Å²) in [7, 11) is 0. The number of nitrogens with zero attached hydrogens (tertiary/aromatic N) is 3. The van der Waals surface area contributed by atoms with Crippen LogP contribution in [0.15, 0.2) is 155 Å². The smallest absolute Gasteiger partial charge is 0.125 e. The minimum atomic E-state index is 0.862.